The number of hydrogen-bond acceptors (Lipinski definition) is 5. The number of fused-ring (bicyclic) bond motifs is 3. The van der Waals surface area contributed by atoms with Crippen molar-refractivity contribution in [3.63, 3.8) is 0 Å². The van der Waals surface area contributed by atoms with E-state index in [4.69, 9.17) is 21.0 Å². The Hall–Kier alpha value is -3.83. The molecule has 0 spiro atoms. The van der Waals surface area contributed by atoms with E-state index in [1.54, 1.807) is 4.90 Å². The molecular formula is C27H28N2O6. The molecule has 35 heavy (non-hydrogen) atoms. The van der Waals surface area contributed by atoms with Crippen molar-refractivity contribution in [3.8, 4) is 23.5 Å². The summed E-state index contributed by atoms with van der Waals surface area (Å²) < 4.78 is 11.1. The number of terminal acetylenes is 1. The van der Waals surface area contributed by atoms with E-state index in [-0.39, 0.29) is 44.0 Å². The van der Waals surface area contributed by atoms with Gasteiger partial charge in [0.2, 0.25) is 5.91 Å². The average molecular weight is 477 g/mol. The molecule has 2 aromatic carbocycles. The van der Waals surface area contributed by atoms with Gasteiger partial charge in [0.15, 0.2) is 0 Å². The van der Waals surface area contributed by atoms with Gasteiger partial charge in [0.25, 0.3) is 0 Å². The molecule has 1 aliphatic heterocycles. The molecule has 8 heteroatoms. The number of carboxylic acid groups (broad SMARTS) is 1. The summed E-state index contributed by atoms with van der Waals surface area (Å²) in [4.78, 5) is 38.5. The summed E-state index contributed by atoms with van der Waals surface area (Å²) in [5.41, 5.74) is 4.38. The summed E-state index contributed by atoms with van der Waals surface area (Å²) in [6.07, 6.45) is 4.63. The molecule has 0 radical (unpaired) electrons. The maximum atomic E-state index is 13.1. The number of carbonyl (C=O) groups is 3. The molecule has 2 unspecified atom stereocenters. The van der Waals surface area contributed by atoms with Crippen LogP contribution in [-0.4, -0.2) is 66.4 Å². The van der Waals surface area contributed by atoms with E-state index < -0.39 is 18.1 Å². The highest BCUT2D eigenvalue weighted by Crippen LogP contribution is 2.44. The van der Waals surface area contributed by atoms with Crippen molar-refractivity contribution >= 4 is 18.0 Å². The van der Waals surface area contributed by atoms with Crippen molar-refractivity contribution in [2.45, 2.75) is 37.3 Å². The third-order valence-electron chi connectivity index (χ3n) is 6.44. The lowest BCUT2D eigenvalue weighted by Crippen LogP contribution is -2.48. The minimum absolute atomic E-state index is 0.0370. The molecule has 182 valence electrons. The number of ether oxygens (including phenoxy) is 2. The van der Waals surface area contributed by atoms with Crippen LogP contribution in [0.3, 0.4) is 0 Å². The highest BCUT2D eigenvalue weighted by molar-refractivity contribution is 5.86. The predicted octanol–water partition coefficient (Wildman–Crippen LogP) is 3.01. The molecule has 8 nitrogen and oxygen atoms in total. The molecule has 2 N–H and O–H groups in total. The molecule has 2 atom stereocenters. The lowest BCUT2D eigenvalue weighted by Gasteiger charge is -2.24. The van der Waals surface area contributed by atoms with Gasteiger partial charge in [-0.3, -0.25) is 9.59 Å². The average Bonchev–Trinajstić information content (AvgIpc) is 3.46. The first kappa shape index (κ1) is 24.3. The SMILES string of the molecule is C#CCOC1CCN(C(=O)C(CCC(=O)O)NC(=O)OCC2c3ccccc3-c3ccccc32)C1. The van der Waals surface area contributed by atoms with E-state index in [1.807, 2.05) is 48.5 Å². The van der Waals surface area contributed by atoms with Gasteiger partial charge >= 0.3 is 12.1 Å². The number of benzene rings is 2. The fourth-order valence-electron chi connectivity index (χ4n) is 4.76. The first-order chi connectivity index (χ1) is 17.0. The third-order valence-corrected chi connectivity index (χ3v) is 6.44. The molecular weight excluding hydrogens is 448 g/mol. The Morgan fingerprint density at radius 3 is 2.40 bits per heavy atom. The van der Waals surface area contributed by atoms with Gasteiger partial charge in [0.05, 0.1) is 6.10 Å². The second kappa shape index (κ2) is 11.1. The van der Waals surface area contributed by atoms with Crippen molar-refractivity contribution in [1.82, 2.24) is 10.2 Å². The van der Waals surface area contributed by atoms with E-state index in [0.717, 1.165) is 22.3 Å². The van der Waals surface area contributed by atoms with Crippen LogP contribution in [0.25, 0.3) is 11.1 Å². The van der Waals surface area contributed by atoms with Gasteiger partial charge < -0.3 is 24.8 Å². The van der Waals surface area contributed by atoms with Gasteiger partial charge in [0, 0.05) is 25.4 Å². The summed E-state index contributed by atoms with van der Waals surface area (Å²) in [5, 5.41) is 11.7. The monoisotopic (exact) mass is 476 g/mol. The summed E-state index contributed by atoms with van der Waals surface area (Å²) in [7, 11) is 0. The highest BCUT2D eigenvalue weighted by atomic mass is 16.5. The number of carbonyl (C=O) groups excluding carboxylic acids is 2. The van der Waals surface area contributed by atoms with E-state index in [1.165, 1.54) is 0 Å². The number of aliphatic carboxylic acids is 1. The van der Waals surface area contributed by atoms with Crippen LogP contribution in [0.5, 0.6) is 0 Å². The molecule has 2 amide bonds. The number of carboxylic acids is 1. The number of hydrogen-bond donors (Lipinski definition) is 2. The Balaban J connectivity index is 1.39. The second-order valence-electron chi connectivity index (χ2n) is 8.66. The minimum atomic E-state index is -1.05. The molecule has 4 rings (SSSR count). The molecule has 1 saturated heterocycles. The number of rotatable bonds is 9. The van der Waals surface area contributed by atoms with Crippen molar-refractivity contribution in [2.75, 3.05) is 26.3 Å². The van der Waals surface area contributed by atoms with E-state index in [0.29, 0.717) is 19.5 Å². The topological polar surface area (TPSA) is 105 Å². The van der Waals surface area contributed by atoms with Crippen LogP contribution in [0.4, 0.5) is 4.79 Å². The van der Waals surface area contributed by atoms with Crippen LogP contribution >= 0.6 is 0 Å². The van der Waals surface area contributed by atoms with Gasteiger partial charge in [-0.15, -0.1) is 6.42 Å². The lowest BCUT2D eigenvalue weighted by atomic mass is 9.98. The number of nitrogens with zero attached hydrogens (tertiary/aromatic N) is 1. The molecule has 2 aliphatic rings. The summed E-state index contributed by atoms with van der Waals surface area (Å²) >= 11 is 0. The Bertz CT molecular complexity index is 1090. The van der Waals surface area contributed by atoms with Gasteiger partial charge in [-0.2, -0.15) is 0 Å². The lowest BCUT2D eigenvalue weighted by molar-refractivity contribution is -0.138. The Morgan fingerprint density at radius 2 is 1.77 bits per heavy atom. The Morgan fingerprint density at radius 1 is 1.11 bits per heavy atom. The van der Waals surface area contributed by atoms with Crippen molar-refractivity contribution in [2.24, 2.45) is 0 Å². The largest absolute Gasteiger partial charge is 0.481 e. The number of likely N-dealkylation sites (tertiary alicyclic amines) is 1. The van der Waals surface area contributed by atoms with Gasteiger partial charge in [-0.25, -0.2) is 4.79 Å². The van der Waals surface area contributed by atoms with Crippen molar-refractivity contribution in [1.29, 1.82) is 0 Å². The van der Waals surface area contributed by atoms with Crippen LogP contribution in [-0.2, 0) is 19.1 Å². The quantitative estimate of drug-likeness (QED) is 0.539. The molecule has 1 heterocycles. The van der Waals surface area contributed by atoms with Gasteiger partial charge in [0.1, 0.15) is 19.3 Å². The first-order valence-electron chi connectivity index (χ1n) is 11.6. The zero-order valence-electron chi connectivity index (χ0n) is 19.3. The zero-order valence-corrected chi connectivity index (χ0v) is 19.3. The minimum Gasteiger partial charge on any atom is -0.481 e. The van der Waals surface area contributed by atoms with Crippen LogP contribution in [0, 0.1) is 12.3 Å². The molecule has 1 fully saturated rings. The van der Waals surface area contributed by atoms with E-state index in [9.17, 15) is 14.4 Å². The van der Waals surface area contributed by atoms with Crippen molar-refractivity contribution in [3.05, 3.63) is 59.7 Å². The van der Waals surface area contributed by atoms with Crippen LogP contribution < -0.4 is 5.32 Å². The fraction of sp³-hybridized carbons (Fsp3) is 0.370. The molecule has 2 aromatic rings. The standard InChI is InChI=1S/C27H28N2O6/c1-2-15-34-18-13-14-29(16-18)26(32)24(11-12-25(30)31)28-27(33)35-17-23-21-9-5-3-7-19(21)20-8-4-6-10-22(20)23/h1,3-10,18,23-24H,11-17H2,(H,28,33)(H,30,31). The molecule has 0 saturated carbocycles. The third kappa shape index (κ3) is 5.64. The smallest absolute Gasteiger partial charge is 0.407 e. The maximum absolute atomic E-state index is 13.1. The summed E-state index contributed by atoms with van der Waals surface area (Å²) in [6, 6.07) is 15.0. The predicted molar refractivity (Wildman–Crippen MR) is 129 cm³/mol. The molecule has 1 aliphatic carbocycles. The summed E-state index contributed by atoms with van der Waals surface area (Å²) in [5.74, 6) is 0.886. The number of amides is 2. The number of nitrogens with one attached hydrogen (secondary N) is 1. The zero-order chi connectivity index (χ0) is 24.8. The Kier molecular flexibility index (Phi) is 7.68. The maximum Gasteiger partial charge on any atom is 0.407 e. The normalized spacial score (nSPS) is 17.2. The second-order valence-corrected chi connectivity index (χ2v) is 8.66. The van der Waals surface area contributed by atoms with Gasteiger partial charge in [-0.1, -0.05) is 54.5 Å². The number of alkyl carbamates (subject to hydrolysis) is 1. The van der Waals surface area contributed by atoms with E-state index in [2.05, 4.69) is 11.2 Å². The van der Waals surface area contributed by atoms with Crippen LogP contribution in [0.15, 0.2) is 48.5 Å². The Labute approximate surface area is 204 Å². The molecule has 0 aromatic heterocycles. The van der Waals surface area contributed by atoms with Gasteiger partial charge in [-0.05, 0) is 35.1 Å². The first-order valence-corrected chi connectivity index (χ1v) is 11.6. The van der Waals surface area contributed by atoms with Crippen molar-refractivity contribution < 1.29 is 29.0 Å². The summed E-state index contributed by atoms with van der Waals surface area (Å²) in [6.45, 7) is 1.05. The molecule has 0 bridgehead atoms. The van der Waals surface area contributed by atoms with Crippen LogP contribution in [0.2, 0.25) is 0 Å². The van der Waals surface area contributed by atoms with Crippen LogP contribution in [0.1, 0.15) is 36.3 Å². The highest BCUT2D eigenvalue weighted by Gasteiger charge is 2.33. The fourth-order valence-corrected chi connectivity index (χ4v) is 4.76. The van der Waals surface area contributed by atoms with E-state index >= 15 is 0 Å².